The first kappa shape index (κ1) is 21.2. The van der Waals surface area contributed by atoms with Crippen molar-refractivity contribution >= 4 is 35.0 Å². The van der Waals surface area contributed by atoms with E-state index in [0.717, 1.165) is 17.1 Å². The molecule has 1 amide bonds. The Bertz CT molecular complexity index is 1160. The molecule has 0 saturated heterocycles. The molecule has 0 unspecified atom stereocenters. The van der Waals surface area contributed by atoms with E-state index in [4.69, 9.17) is 11.6 Å². The number of amides is 1. The number of rotatable bonds is 7. The standard InChI is InChI=1S/C24H21ClN4OS/c1-17-7-13-21(14-8-17)29-22(15-18-5-3-2-4-6-18)27-28-24(29)31-16-23(30)26-20-11-9-19(25)10-12-20/h2-14H,15-16H2,1H3,(H,26,30). The molecule has 0 saturated carbocycles. The maximum absolute atomic E-state index is 12.4. The van der Waals surface area contributed by atoms with E-state index >= 15 is 0 Å². The van der Waals surface area contributed by atoms with E-state index in [2.05, 4.69) is 46.7 Å². The zero-order valence-corrected chi connectivity index (χ0v) is 18.5. The molecule has 31 heavy (non-hydrogen) atoms. The Morgan fingerprint density at radius 1 is 0.968 bits per heavy atom. The van der Waals surface area contributed by atoms with Crippen LogP contribution in [0.25, 0.3) is 5.69 Å². The van der Waals surface area contributed by atoms with Crippen LogP contribution in [0.3, 0.4) is 0 Å². The fraction of sp³-hybridized carbons (Fsp3) is 0.125. The number of halogens is 1. The molecule has 0 aliphatic carbocycles. The summed E-state index contributed by atoms with van der Waals surface area (Å²) in [6.45, 7) is 2.05. The predicted octanol–water partition coefficient (Wildman–Crippen LogP) is 5.55. The topological polar surface area (TPSA) is 59.8 Å². The summed E-state index contributed by atoms with van der Waals surface area (Å²) in [7, 11) is 0. The van der Waals surface area contributed by atoms with Gasteiger partial charge in [-0.1, -0.05) is 71.4 Å². The molecule has 0 atom stereocenters. The summed E-state index contributed by atoms with van der Waals surface area (Å²) >= 11 is 7.26. The van der Waals surface area contributed by atoms with E-state index in [0.29, 0.717) is 22.3 Å². The third-order valence-electron chi connectivity index (χ3n) is 4.66. The van der Waals surface area contributed by atoms with Gasteiger partial charge in [-0.05, 0) is 48.9 Å². The van der Waals surface area contributed by atoms with Crippen LogP contribution in [0, 0.1) is 6.92 Å². The van der Waals surface area contributed by atoms with Crippen LogP contribution in [0.1, 0.15) is 17.0 Å². The van der Waals surface area contributed by atoms with Gasteiger partial charge in [-0.2, -0.15) is 0 Å². The van der Waals surface area contributed by atoms with E-state index in [1.165, 1.54) is 17.3 Å². The van der Waals surface area contributed by atoms with Crippen molar-refractivity contribution in [3.63, 3.8) is 0 Å². The summed E-state index contributed by atoms with van der Waals surface area (Å²) in [4.78, 5) is 12.4. The first-order chi connectivity index (χ1) is 15.1. The van der Waals surface area contributed by atoms with Crippen molar-refractivity contribution in [3.8, 4) is 5.69 Å². The predicted molar refractivity (Wildman–Crippen MR) is 126 cm³/mol. The quantitative estimate of drug-likeness (QED) is 0.376. The van der Waals surface area contributed by atoms with Crippen LogP contribution in [-0.2, 0) is 11.2 Å². The molecule has 4 aromatic rings. The fourth-order valence-electron chi connectivity index (χ4n) is 3.10. The van der Waals surface area contributed by atoms with Gasteiger partial charge in [-0.25, -0.2) is 0 Å². The molecule has 1 aromatic heterocycles. The fourth-order valence-corrected chi connectivity index (χ4v) is 4.00. The zero-order valence-electron chi connectivity index (χ0n) is 17.0. The number of hydrogen-bond acceptors (Lipinski definition) is 4. The molecule has 156 valence electrons. The van der Waals surface area contributed by atoms with E-state index in [1.54, 1.807) is 24.3 Å². The minimum Gasteiger partial charge on any atom is -0.325 e. The Hall–Kier alpha value is -3.09. The first-order valence-corrected chi connectivity index (χ1v) is 11.2. The Morgan fingerprint density at radius 3 is 2.39 bits per heavy atom. The normalized spacial score (nSPS) is 10.8. The molecule has 1 N–H and O–H groups in total. The zero-order chi connectivity index (χ0) is 21.6. The lowest BCUT2D eigenvalue weighted by Gasteiger charge is -2.11. The van der Waals surface area contributed by atoms with Crippen molar-refractivity contribution in [1.82, 2.24) is 14.8 Å². The highest BCUT2D eigenvalue weighted by Crippen LogP contribution is 2.24. The average Bonchev–Trinajstić information content (AvgIpc) is 3.17. The van der Waals surface area contributed by atoms with Gasteiger partial charge in [-0.3, -0.25) is 9.36 Å². The number of hydrogen-bond donors (Lipinski definition) is 1. The highest BCUT2D eigenvalue weighted by molar-refractivity contribution is 7.99. The summed E-state index contributed by atoms with van der Waals surface area (Å²) < 4.78 is 2.02. The molecule has 0 bridgehead atoms. The minimum absolute atomic E-state index is 0.115. The summed E-state index contributed by atoms with van der Waals surface area (Å²) in [6.07, 6.45) is 0.652. The second-order valence-corrected chi connectivity index (χ2v) is 8.45. The van der Waals surface area contributed by atoms with Crippen LogP contribution in [0.5, 0.6) is 0 Å². The van der Waals surface area contributed by atoms with Crippen molar-refractivity contribution < 1.29 is 4.79 Å². The Morgan fingerprint density at radius 2 is 1.68 bits per heavy atom. The minimum atomic E-state index is -0.115. The van der Waals surface area contributed by atoms with Crippen molar-refractivity contribution in [2.24, 2.45) is 0 Å². The number of aryl methyl sites for hydroxylation is 1. The molecule has 4 rings (SSSR count). The van der Waals surface area contributed by atoms with E-state index in [-0.39, 0.29) is 11.7 Å². The van der Waals surface area contributed by atoms with Crippen LogP contribution in [0.15, 0.2) is 84.0 Å². The number of nitrogens with zero attached hydrogens (tertiary/aromatic N) is 3. The average molecular weight is 449 g/mol. The number of carbonyl (C=O) groups excluding carboxylic acids is 1. The van der Waals surface area contributed by atoms with Crippen LogP contribution in [0.2, 0.25) is 5.02 Å². The number of nitrogens with one attached hydrogen (secondary N) is 1. The van der Waals surface area contributed by atoms with Crippen LogP contribution < -0.4 is 5.32 Å². The molecule has 0 aliphatic heterocycles. The second-order valence-electron chi connectivity index (χ2n) is 7.08. The Balaban J connectivity index is 1.54. The van der Waals surface area contributed by atoms with Crippen molar-refractivity contribution in [3.05, 3.63) is 101 Å². The van der Waals surface area contributed by atoms with Gasteiger partial charge in [0.05, 0.1) is 5.75 Å². The van der Waals surface area contributed by atoms with E-state index in [1.807, 2.05) is 34.9 Å². The Kier molecular flexibility index (Phi) is 6.70. The molecule has 0 radical (unpaired) electrons. The van der Waals surface area contributed by atoms with Gasteiger partial charge in [0.1, 0.15) is 5.82 Å². The van der Waals surface area contributed by atoms with Gasteiger partial charge in [0.25, 0.3) is 0 Å². The van der Waals surface area contributed by atoms with Gasteiger partial charge in [0.15, 0.2) is 5.16 Å². The molecule has 5 nitrogen and oxygen atoms in total. The van der Waals surface area contributed by atoms with E-state index < -0.39 is 0 Å². The third-order valence-corrected chi connectivity index (χ3v) is 5.84. The molecule has 7 heteroatoms. The lowest BCUT2D eigenvalue weighted by Crippen LogP contribution is -2.14. The summed E-state index contributed by atoms with van der Waals surface area (Å²) in [5, 5.41) is 13.0. The smallest absolute Gasteiger partial charge is 0.234 e. The summed E-state index contributed by atoms with van der Waals surface area (Å²) in [6, 6.07) is 25.4. The van der Waals surface area contributed by atoms with Gasteiger partial charge < -0.3 is 5.32 Å². The highest BCUT2D eigenvalue weighted by atomic mass is 35.5. The van der Waals surface area contributed by atoms with E-state index in [9.17, 15) is 4.79 Å². The monoisotopic (exact) mass is 448 g/mol. The largest absolute Gasteiger partial charge is 0.325 e. The number of thioether (sulfide) groups is 1. The maximum Gasteiger partial charge on any atom is 0.234 e. The summed E-state index contributed by atoms with van der Waals surface area (Å²) in [5.41, 5.74) is 4.01. The molecular weight excluding hydrogens is 428 g/mol. The maximum atomic E-state index is 12.4. The molecule has 0 spiro atoms. The molecule has 1 heterocycles. The van der Waals surface area contributed by atoms with Crippen molar-refractivity contribution in [2.45, 2.75) is 18.5 Å². The van der Waals surface area contributed by atoms with Crippen molar-refractivity contribution in [1.29, 1.82) is 0 Å². The van der Waals surface area contributed by atoms with Gasteiger partial charge in [0, 0.05) is 22.8 Å². The number of carbonyl (C=O) groups is 1. The third kappa shape index (κ3) is 5.54. The van der Waals surface area contributed by atoms with Crippen LogP contribution in [0.4, 0.5) is 5.69 Å². The highest BCUT2D eigenvalue weighted by Gasteiger charge is 2.16. The first-order valence-electron chi connectivity index (χ1n) is 9.82. The Labute approximate surface area is 190 Å². The number of aromatic nitrogens is 3. The molecular formula is C24H21ClN4OS. The number of benzene rings is 3. The molecule has 0 fully saturated rings. The lowest BCUT2D eigenvalue weighted by molar-refractivity contribution is -0.113. The molecule has 0 aliphatic rings. The SMILES string of the molecule is Cc1ccc(-n2c(Cc3ccccc3)nnc2SCC(=O)Nc2ccc(Cl)cc2)cc1. The second kappa shape index (κ2) is 9.81. The van der Waals surface area contributed by atoms with Gasteiger partial charge >= 0.3 is 0 Å². The number of anilines is 1. The summed E-state index contributed by atoms with van der Waals surface area (Å²) in [5.74, 6) is 0.934. The van der Waals surface area contributed by atoms with Crippen molar-refractivity contribution in [2.75, 3.05) is 11.1 Å². The lowest BCUT2D eigenvalue weighted by atomic mass is 10.1. The van der Waals surface area contributed by atoms with Crippen LogP contribution >= 0.6 is 23.4 Å². The van der Waals surface area contributed by atoms with Crippen LogP contribution in [-0.4, -0.2) is 26.4 Å². The van der Waals surface area contributed by atoms with Gasteiger partial charge in [-0.15, -0.1) is 10.2 Å². The molecule has 3 aromatic carbocycles. The van der Waals surface area contributed by atoms with Gasteiger partial charge in [0.2, 0.25) is 5.91 Å².